The Kier molecular flexibility index (Phi) is 6.02. The van der Waals surface area contributed by atoms with E-state index in [1.54, 1.807) is 7.11 Å². The number of ether oxygens (including phenoxy) is 1. The quantitative estimate of drug-likeness (QED) is 0.902. The van der Waals surface area contributed by atoms with Crippen molar-refractivity contribution in [1.82, 2.24) is 10.2 Å². The number of halogens is 1. The molecule has 20 heavy (non-hydrogen) atoms. The van der Waals surface area contributed by atoms with Crippen LogP contribution in [0.1, 0.15) is 5.56 Å². The van der Waals surface area contributed by atoms with Crippen LogP contribution in [0, 0.1) is 0 Å². The summed E-state index contributed by atoms with van der Waals surface area (Å²) >= 11 is 8.16. The Bertz CT molecular complexity index is 444. The molecule has 0 bridgehead atoms. The third-order valence-electron chi connectivity index (χ3n) is 3.96. The molecule has 2 unspecified atom stereocenters. The lowest BCUT2D eigenvalue weighted by atomic mass is 9.98. The van der Waals surface area contributed by atoms with Crippen molar-refractivity contribution in [2.45, 2.75) is 18.5 Å². The molecule has 1 N–H and O–H groups in total. The van der Waals surface area contributed by atoms with Crippen molar-refractivity contribution in [3.05, 3.63) is 28.8 Å². The van der Waals surface area contributed by atoms with Crippen molar-refractivity contribution in [1.29, 1.82) is 0 Å². The van der Waals surface area contributed by atoms with Gasteiger partial charge >= 0.3 is 0 Å². The van der Waals surface area contributed by atoms with Crippen LogP contribution in [0.3, 0.4) is 0 Å². The monoisotopic (exact) mass is 314 g/mol. The number of nitrogens with one attached hydrogen (secondary N) is 1. The van der Waals surface area contributed by atoms with Crippen molar-refractivity contribution < 1.29 is 4.74 Å². The second-order valence-electron chi connectivity index (χ2n) is 5.18. The zero-order valence-electron chi connectivity index (χ0n) is 12.4. The topological polar surface area (TPSA) is 24.5 Å². The number of likely N-dealkylation sites (N-methyl/N-ethyl adjacent to an activating group) is 2. The summed E-state index contributed by atoms with van der Waals surface area (Å²) in [6.07, 6.45) is 0.926. The number of nitrogens with zero attached hydrogens (tertiary/aromatic N) is 1. The average Bonchev–Trinajstić information content (AvgIpc) is 2.46. The van der Waals surface area contributed by atoms with E-state index in [1.165, 1.54) is 17.1 Å². The van der Waals surface area contributed by atoms with Gasteiger partial charge in [0.25, 0.3) is 0 Å². The lowest BCUT2D eigenvalue weighted by molar-refractivity contribution is 0.218. The summed E-state index contributed by atoms with van der Waals surface area (Å²) < 4.78 is 5.45. The number of hydrogen-bond donors (Lipinski definition) is 1. The van der Waals surface area contributed by atoms with Crippen molar-refractivity contribution in [3.63, 3.8) is 0 Å². The fraction of sp³-hybridized carbons (Fsp3) is 0.600. The summed E-state index contributed by atoms with van der Waals surface area (Å²) in [5.74, 6) is 3.32. The maximum atomic E-state index is 6.12. The molecule has 1 aliphatic rings. The van der Waals surface area contributed by atoms with Crippen molar-refractivity contribution in [3.8, 4) is 5.75 Å². The third kappa shape index (κ3) is 3.82. The Morgan fingerprint density at radius 3 is 3.00 bits per heavy atom. The molecule has 0 saturated carbocycles. The second-order valence-corrected chi connectivity index (χ2v) is 6.76. The molecule has 0 spiro atoms. The van der Waals surface area contributed by atoms with Crippen LogP contribution in [-0.2, 0) is 6.42 Å². The van der Waals surface area contributed by atoms with Crippen LogP contribution in [0.25, 0.3) is 0 Å². The number of methoxy groups -OCH3 is 1. The first-order valence-corrected chi connectivity index (χ1v) is 8.46. The highest BCUT2D eigenvalue weighted by atomic mass is 35.5. The van der Waals surface area contributed by atoms with E-state index >= 15 is 0 Å². The van der Waals surface area contributed by atoms with E-state index in [2.05, 4.69) is 17.3 Å². The minimum absolute atomic E-state index is 0.403. The van der Waals surface area contributed by atoms with E-state index < -0.39 is 0 Å². The molecule has 1 fully saturated rings. The largest absolute Gasteiger partial charge is 0.496 e. The minimum Gasteiger partial charge on any atom is -0.496 e. The van der Waals surface area contributed by atoms with Crippen LogP contribution in [0.5, 0.6) is 5.75 Å². The maximum absolute atomic E-state index is 6.12. The molecule has 1 aromatic carbocycles. The fourth-order valence-electron chi connectivity index (χ4n) is 2.70. The summed E-state index contributed by atoms with van der Waals surface area (Å²) in [5, 5.41) is 4.23. The van der Waals surface area contributed by atoms with Gasteiger partial charge in [-0.15, -0.1) is 0 Å². The first-order valence-electron chi connectivity index (χ1n) is 6.93. The predicted octanol–water partition coefficient (Wildman–Crippen LogP) is 2.53. The molecular formula is C15H23ClN2OS. The number of thioether (sulfide) groups is 1. The maximum Gasteiger partial charge on any atom is 0.122 e. The summed E-state index contributed by atoms with van der Waals surface area (Å²) in [5.41, 5.74) is 1.17. The van der Waals surface area contributed by atoms with E-state index in [4.69, 9.17) is 16.3 Å². The molecule has 2 atom stereocenters. The zero-order valence-corrected chi connectivity index (χ0v) is 13.9. The SMILES string of the molecule is CNC(Cc1cc(Cl)ccc1OC)C1CSCCN1C. The lowest BCUT2D eigenvalue weighted by Gasteiger charge is -2.38. The van der Waals surface area contributed by atoms with Gasteiger partial charge in [0.05, 0.1) is 7.11 Å². The van der Waals surface area contributed by atoms with Gasteiger partial charge in [0, 0.05) is 35.2 Å². The van der Waals surface area contributed by atoms with Gasteiger partial charge in [-0.1, -0.05) is 11.6 Å². The van der Waals surface area contributed by atoms with Crippen LogP contribution in [0.4, 0.5) is 0 Å². The number of benzene rings is 1. The van der Waals surface area contributed by atoms with Gasteiger partial charge < -0.3 is 15.0 Å². The molecule has 1 heterocycles. The van der Waals surface area contributed by atoms with Crippen LogP contribution in [0.2, 0.25) is 5.02 Å². The molecule has 112 valence electrons. The molecule has 0 aliphatic carbocycles. The summed E-state index contributed by atoms with van der Waals surface area (Å²) in [4.78, 5) is 2.45. The number of rotatable bonds is 5. The molecule has 2 rings (SSSR count). The van der Waals surface area contributed by atoms with Crippen molar-refractivity contribution >= 4 is 23.4 Å². The van der Waals surface area contributed by atoms with E-state index in [-0.39, 0.29) is 0 Å². The first kappa shape index (κ1) is 16.0. The summed E-state index contributed by atoms with van der Waals surface area (Å²) in [7, 11) is 5.96. The lowest BCUT2D eigenvalue weighted by Crippen LogP contribution is -2.52. The van der Waals surface area contributed by atoms with Gasteiger partial charge in [0.1, 0.15) is 5.75 Å². The van der Waals surface area contributed by atoms with Crippen LogP contribution < -0.4 is 10.1 Å². The Morgan fingerprint density at radius 2 is 2.35 bits per heavy atom. The minimum atomic E-state index is 0.403. The Labute approximate surface area is 131 Å². The van der Waals surface area contributed by atoms with Crippen LogP contribution >= 0.6 is 23.4 Å². The van der Waals surface area contributed by atoms with Gasteiger partial charge in [0.15, 0.2) is 0 Å². The highest BCUT2D eigenvalue weighted by Crippen LogP contribution is 2.26. The van der Waals surface area contributed by atoms with Gasteiger partial charge in [-0.3, -0.25) is 0 Å². The fourth-order valence-corrected chi connectivity index (χ4v) is 4.21. The van der Waals surface area contributed by atoms with Gasteiger partial charge in [0.2, 0.25) is 0 Å². The Balaban J connectivity index is 2.15. The standard InChI is InChI=1S/C15H23ClN2OS/c1-17-13(14-10-20-7-6-18(14)2)9-11-8-12(16)4-5-15(11)19-3/h4-5,8,13-14,17H,6-7,9-10H2,1-3H3. The Morgan fingerprint density at radius 1 is 1.55 bits per heavy atom. The highest BCUT2D eigenvalue weighted by Gasteiger charge is 2.27. The summed E-state index contributed by atoms with van der Waals surface area (Å²) in [6.45, 7) is 1.15. The van der Waals surface area contributed by atoms with E-state index in [1.807, 2.05) is 37.0 Å². The van der Waals surface area contributed by atoms with Crippen LogP contribution in [0.15, 0.2) is 18.2 Å². The molecule has 0 aromatic heterocycles. The zero-order chi connectivity index (χ0) is 14.5. The van der Waals surface area contributed by atoms with Crippen molar-refractivity contribution in [2.24, 2.45) is 0 Å². The number of hydrogen-bond acceptors (Lipinski definition) is 4. The first-order chi connectivity index (χ1) is 9.65. The molecule has 1 saturated heterocycles. The van der Waals surface area contributed by atoms with E-state index in [0.29, 0.717) is 12.1 Å². The molecular weight excluding hydrogens is 292 g/mol. The Hall–Kier alpha value is -0.420. The average molecular weight is 315 g/mol. The molecule has 3 nitrogen and oxygen atoms in total. The summed E-state index contributed by atoms with van der Waals surface area (Å²) in [6, 6.07) is 6.79. The normalized spacial score (nSPS) is 21.7. The molecule has 5 heteroatoms. The highest BCUT2D eigenvalue weighted by molar-refractivity contribution is 7.99. The van der Waals surface area contributed by atoms with Crippen LogP contribution in [-0.4, -0.2) is 56.2 Å². The smallest absolute Gasteiger partial charge is 0.122 e. The molecule has 1 aromatic rings. The molecule has 0 amide bonds. The predicted molar refractivity (Wildman–Crippen MR) is 88.3 cm³/mol. The third-order valence-corrected chi connectivity index (χ3v) is 5.24. The molecule has 1 aliphatic heterocycles. The van der Waals surface area contributed by atoms with E-state index in [9.17, 15) is 0 Å². The van der Waals surface area contributed by atoms with Crippen molar-refractivity contribution in [2.75, 3.05) is 39.3 Å². The van der Waals surface area contributed by atoms with E-state index in [0.717, 1.165) is 23.7 Å². The van der Waals surface area contributed by atoms with Gasteiger partial charge in [-0.2, -0.15) is 11.8 Å². The van der Waals surface area contributed by atoms with Gasteiger partial charge in [-0.25, -0.2) is 0 Å². The molecule has 0 radical (unpaired) electrons. The second kappa shape index (κ2) is 7.55. The van der Waals surface area contributed by atoms with Gasteiger partial charge in [-0.05, 0) is 44.3 Å².